The average molecular weight is 334 g/mol. The zero-order chi connectivity index (χ0) is 14.4. The largest absolute Gasteiger partial charge is 0.461 e. The van der Waals surface area contributed by atoms with Gasteiger partial charge in [-0.2, -0.15) is 0 Å². The van der Waals surface area contributed by atoms with Crippen LogP contribution in [0.2, 0.25) is 0 Å². The van der Waals surface area contributed by atoms with Crippen LogP contribution >= 0.6 is 15.9 Å². The first-order valence-corrected chi connectivity index (χ1v) is 7.15. The van der Waals surface area contributed by atoms with Crippen LogP contribution in [0.3, 0.4) is 0 Å². The van der Waals surface area contributed by atoms with E-state index in [0.717, 1.165) is 21.2 Å². The van der Waals surface area contributed by atoms with Gasteiger partial charge in [-0.15, -0.1) is 0 Å². The van der Waals surface area contributed by atoms with Gasteiger partial charge in [0.25, 0.3) is 0 Å². The van der Waals surface area contributed by atoms with Crippen molar-refractivity contribution in [2.45, 2.75) is 19.6 Å². The number of rotatable bonds is 5. The summed E-state index contributed by atoms with van der Waals surface area (Å²) in [4.78, 5) is 11.9. The summed E-state index contributed by atoms with van der Waals surface area (Å²) < 4.78 is 6.26. The fourth-order valence-electron chi connectivity index (χ4n) is 1.93. The SMILES string of the molecule is NCc1ccccc1CC(=O)OCc1cccc(Br)c1. The first-order chi connectivity index (χ1) is 9.69. The van der Waals surface area contributed by atoms with Crippen LogP contribution < -0.4 is 5.73 Å². The third-order valence-corrected chi connectivity index (χ3v) is 3.46. The molecule has 20 heavy (non-hydrogen) atoms. The predicted octanol–water partition coefficient (Wildman–Crippen LogP) is 3.19. The van der Waals surface area contributed by atoms with Gasteiger partial charge >= 0.3 is 5.97 Å². The summed E-state index contributed by atoms with van der Waals surface area (Å²) in [6, 6.07) is 15.3. The number of carbonyl (C=O) groups is 1. The predicted molar refractivity (Wildman–Crippen MR) is 82.0 cm³/mol. The molecule has 0 saturated carbocycles. The van der Waals surface area contributed by atoms with E-state index in [0.29, 0.717) is 6.54 Å². The summed E-state index contributed by atoms with van der Waals surface area (Å²) in [7, 11) is 0. The van der Waals surface area contributed by atoms with Crippen molar-refractivity contribution in [2.75, 3.05) is 0 Å². The molecule has 0 radical (unpaired) electrons. The van der Waals surface area contributed by atoms with Crippen LogP contribution in [-0.4, -0.2) is 5.97 Å². The van der Waals surface area contributed by atoms with E-state index in [-0.39, 0.29) is 19.0 Å². The quantitative estimate of drug-likeness (QED) is 0.855. The molecule has 0 aliphatic carbocycles. The topological polar surface area (TPSA) is 52.3 Å². The summed E-state index contributed by atoms with van der Waals surface area (Å²) in [5.41, 5.74) is 8.51. The molecule has 0 aliphatic rings. The maximum atomic E-state index is 11.9. The molecule has 0 bridgehead atoms. The third-order valence-electron chi connectivity index (χ3n) is 2.96. The molecule has 2 N–H and O–H groups in total. The van der Waals surface area contributed by atoms with Crippen molar-refractivity contribution < 1.29 is 9.53 Å². The number of ether oxygens (including phenoxy) is 1. The number of hydrogen-bond donors (Lipinski definition) is 1. The highest BCUT2D eigenvalue weighted by atomic mass is 79.9. The van der Waals surface area contributed by atoms with Crippen molar-refractivity contribution in [1.82, 2.24) is 0 Å². The molecular weight excluding hydrogens is 318 g/mol. The maximum Gasteiger partial charge on any atom is 0.310 e. The van der Waals surface area contributed by atoms with E-state index in [4.69, 9.17) is 10.5 Å². The van der Waals surface area contributed by atoms with Crippen LogP contribution in [0.5, 0.6) is 0 Å². The lowest BCUT2D eigenvalue weighted by Crippen LogP contribution is -2.11. The van der Waals surface area contributed by atoms with E-state index in [1.165, 1.54) is 0 Å². The molecule has 0 saturated heterocycles. The Balaban J connectivity index is 1.93. The van der Waals surface area contributed by atoms with Gasteiger partial charge in [-0.25, -0.2) is 0 Å². The Morgan fingerprint density at radius 3 is 2.55 bits per heavy atom. The van der Waals surface area contributed by atoms with Gasteiger partial charge in [0.2, 0.25) is 0 Å². The van der Waals surface area contributed by atoms with E-state index < -0.39 is 0 Å². The first-order valence-electron chi connectivity index (χ1n) is 6.36. The zero-order valence-electron chi connectivity index (χ0n) is 11.0. The molecule has 0 aliphatic heterocycles. The van der Waals surface area contributed by atoms with E-state index in [2.05, 4.69) is 15.9 Å². The molecule has 2 rings (SSSR count). The molecule has 0 amide bonds. The second-order valence-corrected chi connectivity index (χ2v) is 5.36. The minimum Gasteiger partial charge on any atom is -0.461 e. The van der Waals surface area contributed by atoms with Crippen molar-refractivity contribution in [3.63, 3.8) is 0 Å². The average Bonchev–Trinajstić information content (AvgIpc) is 2.46. The molecule has 3 nitrogen and oxygen atoms in total. The van der Waals surface area contributed by atoms with Gasteiger partial charge in [-0.05, 0) is 28.8 Å². The highest BCUT2D eigenvalue weighted by molar-refractivity contribution is 9.10. The molecule has 104 valence electrons. The second kappa shape index (κ2) is 7.22. The highest BCUT2D eigenvalue weighted by Gasteiger charge is 2.08. The molecule has 2 aromatic carbocycles. The van der Waals surface area contributed by atoms with Crippen molar-refractivity contribution in [3.8, 4) is 0 Å². The summed E-state index contributed by atoms with van der Waals surface area (Å²) >= 11 is 3.39. The van der Waals surface area contributed by atoms with E-state index in [9.17, 15) is 4.79 Å². The summed E-state index contributed by atoms with van der Waals surface area (Å²) in [5.74, 6) is -0.245. The van der Waals surface area contributed by atoms with Gasteiger partial charge in [0.1, 0.15) is 6.61 Å². The molecule has 0 atom stereocenters. The second-order valence-electron chi connectivity index (χ2n) is 4.44. The van der Waals surface area contributed by atoms with E-state index >= 15 is 0 Å². The van der Waals surface area contributed by atoms with Crippen LogP contribution in [0.25, 0.3) is 0 Å². The molecule has 0 unspecified atom stereocenters. The lowest BCUT2D eigenvalue weighted by molar-refractivity contribution is -0.144. The van der Waals surface area contributed by atoms with E-state index in [1.807, 2.05) is 48.5 Å². The van der Waals surface area contributed by atoms with Gasteiger partial charge < -0.3 is 10.5 Å². The number of carbonyl (C=O) groups excluding carboxylic acids is 1. The number of halogens is 1. The standard InChI is InChI=1S/C16H16BrNO2/c17-15-7-3-4-12(8-15)11-20-16(19)9-13-5-1-2-6-14(13)10-18/h1-8H,9-11,18H2. The minimum absolute atomic E-state index is 0.245. The monoisotopic (exact) mass is 333 g/mol. The maximum absolute atomic E-state index is 11.9. The van der Waals surface area contributed by atoms with Crippen LogP contribution in [0.1, 0.15) is 16.7 Å². The van der Waals surface area contributed by atoms with Crippen LogP contribution in [0, 0.1) is 0 Å². The van der Waals surface area contributed by atoms with Gasteiger partial charge in [0.15, 0.2) is 0 Å². The van der Waals surface area contributed by atoms with E-state index in [1.54, 1.807) is 0 Å². The smallest absolute Gasteiger partial charge is 0.310 e. The molecule has 0 fully saturated rings. The lowest BCUT2D eigenvalue weighted by atomic mass is 10.1. The van der Waals surface area contributed by atoms with Crippen molar-refractivity contribution in [2.24, 2.45) is 5.73 Å². The number of esters is 1. The summed E-state index contributed by atoms with van der Waals surface area (Å²) in [6.45, 7) is 0.706. The van der Waals surface area contributed by atoms with Gasteiger partial charge in [0.05, 0.1) is 6.42 Å². The van der Waals surface area contributed by atoms with Crippen molar-refractivity contribution >= 4 is 21.9 Å². The highest BCUT2D eigenvalue weighted by Crippen LogP contribution is 2.13. The summed E-state index contributed by atoms with van der Waals surface area (Å²) in [6.07, 6.45) is 0.251. The van der Waals surface area contributed by atoms with Gasteiger partial charge in [-0.1, -0.05) is 52.3 Å². The lowest BCUT2D eigenvalue weighted by Gasteiger charge is -2.08. The fraction of sp³-hybridized carbons (Fsp3) is 0.188. The van der Waals surface area contributed by atoms with Crippen LogP contribution in [0.4, 0.5) is 0 Å². The Bertz CT molecular complexity index is 599. The fourth-order valence-corrected chi connectivity index (χ4v) is 2.37. The molecule has 0 heterocycles. The molecule has 4 heteroatoms. The van der Waals surface area contributed by atoms with Crippen LogP contribution in [0.15, 0.2) is 53.0 Å². The van der Waals surface area contributed by atoms with Crippen LogP contribution in [-0.2, 0) is 29.1 Å². The van der Waals surface area contributed by atoms with Gasteiger partial charge in [-0.3, -0.25) is 4.79 Å². The van der Waals surface area contributed by atoms with Crippen molar-refractivity contribution in [1.29, 1.82) is 0 Å². The number of benzene rings is 2. The number of hydrogen-bond acceptors (Lipinski definition) is 3. The molecule has 0 aromatic heterocycles. The zero-order valence-corrected chi connectivity index (χ0v) is 12.6. The summed E-state index contributed by atoms with van der Waals surface area (Å²) in [5, 5.41) is 0. The Kier molecular flexibility index (Phi) is 5.32. The Labute approximate surface area is 126 Å². The minimum atomic E-state index is -0.245. The molecular formula is C16H16BrNO2. The molecule has 2 aromatic rings. The van der Waals surface area contributed by atoms with Crippen molar-refractivity contribution in [3.05, 3.63) is 69.7 Å². The normalized spacial score (nSPS) is 10.3. The molecule has 0 spiro atoms. The Hall–Kier alpha value is -1.65. The first kappa shape index (κ1) is 14.8. The Morgan fingerprint density at radius 1 is 1.10 bits per heavy atom. The Morgan fingerprint density at radius 2 is 1.85 bits per heavy atom. The number of nitrogens with two attached hydrogens (primary N) is 1. The van der Waals surface area contributed by atoms with Gasteiger partial charge in [0, 0.05) is 11.0 Å². The third kappa shape index (κ3) is 4.18.